The number of aliphatic carboxylic acids is 1. The molecule has 1 aromatic rings. The standard InChI is InChI=1S/C8H8ClNO3/c9-5-3-1-2-4(6(5)10)7(11)8(12)13/h1-3,7,11H,10H2,(H,12,13). The first-order valence-electron chi connectivity index (χ1n) is 3.48. The molecular weight excluding hydrogens is 194 g/mol. The summed E-state index contributed by atoms with van der Waals surface area (Å²) in [5.74, 6) is -1.35. The van der Waals surface area contributed by atoms with Crippen molar-refractivity contribution >= 4 is 23.3 Å². The number of hydrogen-bond donors (Lipinski definition) is 3. The summed E-state index contributed by atoms with van der Waals surface area (Å²) >= 11 is 5.63. The van der Waals surface area contributed by atoms with E-state index in [2.05, 4.69) is 0 Å². The van der Waals surface area contributed by atoms with Crippen LogP contribution in [-0.4, -0.2) is 16.2 Å². The first-order valence-corrected chi connectivity index (χ1v) is 3.86. The largest absolute Gasteiger partial charge is 0.479 e. The van der Waals surface area contributed by atoms with Crippen molar-refractivity contribution in [3.8, 4) is 0 Å². The van der Waals surface area contributed by atoms with E-state index in [1.807, 2.05) is 0 Å². The first-order chi connectivity index (χ1) is 6.04. The summed E-state index contributed by atoms with van der Waals surface area (Å²) in [4.78, 5) is 10.4. The van der Waals surface area contributed by atoms with E-state index in [4.69, 9.17) is 27.5 Å². The van der Waals surface area contributed by atoms with Gasteiger partial charge in [0.25, 0.3) is 0 Å². The number of nitrogens with two attached hydrogens (primary N) is 1. The third-order valence-corrected chi connectivity index (χ3v) is 1.94. The number of benzene rings is 1. The molecule has 1 unspecified atom stereocenters. The molecule has 0 aromatic heterocycles. The minimum atomic E-state index is -1.63. The fraction of sp³-hybridized carbons (Fsp3) is 0.125. The van der Waals surface area contributed by atoms with E-state index in [1.165, 1.54) is 18.2 Å². The second-order valence-corrected chi connectivity index (χ2v) is 2.89. The van der Waals surface area contributed by atoms with Crippen LogP contribution in [0.15, 0.2) is 18.2 Å². The SMILES string of the molecule is Nc1c(Cl)cccc1C(O)C(=O)O. The molecule has 0 amide bonds. The first kappa shape index (κ1) is 9.83. The molecule has 0 fully saturated rings. The molecular formula is C8H8ClNO3. The van der Waals surface area contributed by atoms with E-state index in [0.29, 0.717) is 0 Å². The maximum absolute atomic E-state index is 10.4. The molecule has 0 spiro atoms. The van der Waals surface area contributed by atoms with Gasteiger partial charge in [-0.15, -0.1) is 0 Å². The Labute approximate surface area is 79.6 Å². The maximum atomic E-state index is 10.4. The zero-order valence-corrected chi connectivity index (χ0v) is 7.32. The smallest absolute Gasteiger partial charge is 0.337 e. The molecule has 4 nitrogen and oxygen atoms in total. The lowest BCUT2D eigenvalue weighted by molar-refractivity contribution is -0.146. The fourth-order valence-corrected chi connectivity index (χ4v) is 1.11. The van der Waals surface area contributed by atoms with Gasteiger partial charge in [-0.1, -0.05) is 23.7 Å². The molecule has 1 rings (SSSR count). The Kier molecular flexibility index (Phi) is 2.75. The van der Waals surface area contributed by atoms with E-state index in [9.17, 15) is 4.79 Å². The van der Waals surface area contributed by atoms with Crippen LogP contribution in [-0.2, 0) is 4.79 Å². The highest BCUT2D eigenvalue weighted by molar-refractivity contribution is 6.33. The number of aliphatic hydroxyl groups excluding tert-OH is 1. The molecule has 0 saturated heterocycles. The average Bonchev–Trinajstić information content (AvgIpc) is 2.08. The molecule has 13 heavy (non-hydrogen) atoms. The molecule has 0 heterocycles. The summed E-state index contributed by atoms with van der Waals surface area (Å²) in [5.41, 5.74) is 5.67. The van der Waals surface area contributed by atoms with Crippen LogP contribution < -0.4 is 5.73 Å². The van der Waals surface area contributed by atoms with Crippen LogP contribution in [0.4, 0.5) is 5.69 Å². The van der Waals surface area contributed by atoms with Gasteiger partial charge in [-0.3, -0.25) is 0 Å². The van der Waals surface area contributed by atoms with Gasteiger partial charge in [0.2, 0.25) is 0 Å². The normalized spacial score (nSPS) is 12.5. The lowest BCUT2D eigenvalue weighted by Gasteiger charge is -2.09. The van der Waals surface area contributed by atoms with Gasteiger partial charge in [0, 0.05) is 5.56 Å². The van der Waals surface area contributed by atoms with E-state index in [-0.39, 0.29) is 16.3 Å². The molecule has 1 atom stereocenters. The lowest BCUT2D eigenvalue weighted by atomic mass is 10.1. The van der Waals surface area contributed by atoms with E-state index < -0.39 is 12.1 Å². The van der Waals surface area contributed by atoms with Gasteiger partial charge in [-0.25, -0.2) is 4.79 Å². The number of rotatable bonds is 2. The predicted octanol–water partition coefficient (Wildman–Crippen LogP) is 1.04. The fourth-order valence-electron chi connectivity index (χ4n) is 0.925. The predicted molar refractivity (Wildman–Crippen MR) is 48.5 cm³/mol. The van der Waals surface area contributed by atoms with Gasteiger partial charge >= 0.3 is 5.97 Å². The number of para-hydroxylation sites is 1. The van der Waals surface area contributed by atoms with Crippen molar-refractivity contribution in [2.24, 2.45) is 0 Å². The molecule has 0 aliphatic carbocycles. The van der Waals surface area contributed by atoms with Crippen LogP contribution in [0.1, 0.15) is 11.7 Å². The van der Waals surface area contributed by atoms with Crippen LogP contribution in [0.25, 0.3) is 0 Å². The highest BCUT2D eigenvalue weighted by atomic mass is 35.5. The lowest BCUT2D eigenvalue weighted by Crippen LogP contribution is -2.12. The molecule has 1 aromatic carbocycles. The molecule has 0 saturated carbocycles. The average molecular weight is 202 g/mol. The zero-order chi connectivity index (χ0) is 10.0. The number of carbonyl (C=O) groups is 1. The van der Waals surface area contributed by atoms with E-state index in [0.717, 1.165) is 0 Å². The summed E-state index contributed by atoms with van der Waals surface area (Å²) in [7, 11) is 0. The zero-order valence-electron chi connectivity index (χ0n) is 6.57. The quantitative estimate of drug-likeness (QED) is 0.625. The molecule has 70 valence electrons. The molecule has 4 N–H and O–H groups in total. The van der Waals surface area contributed by atoms with Gasteiger partial charge < -0.3 is 15.9 Å². The van der Waals surface area contributed by atoms with E-state index >= 15 is 0 Å². The number of aliphatic hydroxyl groups is 1. The van der Waals surface area contributed by atoms with Crippen LogP contribution in [0, 0.1) is 0 Å². The summed E-state index contributed by atoms with van der Waals surface area (Å²) in [6, 6.07) is 4.47. The number of carboxylic acid groups (broad SMARTS) is 1. The van der Waals surface area contributed by atoms with Crippen molar-refractivity contribution in [3.63, 3.8) is 0 Å². The Morgan fingerprint density at radius 1 is 1.54 bits per heavy atom. The van der Waals surface area contributed by atoms with E-state index in [1.54, 1.807) is 0 Å². The Bertz CT molecular complexity index is 340. The van der Waals surface area contributed by atoms with Crippen molar-refractivity contribution in [2.45, 2.75) is 6.10 Å². The number of carboxylic acids is 1. The van der Waals surface area contributed by atoms with Crippen LogP contribution in [0.2, 0.25) is 5.02 Å². The Balaban J connectivity index is 3.15. The van der Waals surface area contributed by atoms with Crippen molar-refractivity contribution in [1.29, 1.82) is 0 Å². The van der Waals surface area contributed by atoms with Gasteiger partial charge in [0.1, 0.15) is 0 Å². The Morgan fingerprint density at radius 2 is 2.15 bits per heavy atom. The minimum absolute atomic E-state index is 0.0964. The number of halogens is 1. The summed E-state index contributed by atoms with van der Waals surface area (Å²) < 4.78 is 0. The van der Waals surface area contributed by atoms with Crippen LogP contribution in [0.3, 0.4) is 0 Å². The Hall–Kier alpha value is -1.26. The van der Waals surface area contributed by atoms with Crippen molar-refractivity contribution in [1.82, 2.24) is 0 Å². The highest BCUT2D eigenvalue weighted by Crippen LogP contribution is 2.27. The molecule has 0 aliphatic heterocycles. The molecule has 0 bridgehead atoms. The maximum Gasteiger partial charge on any atom is 0.337 e. The third kappa shape index (κ3) is 1.91. The second-order valence-electron chi connectivity index (χ2n) is 2.48. The number of anilines is 1. The summed E-state index contributed by atoms with van der Waals surface area (Å²) in [6.45, 7) is 0. The summed E-state index contributed by atoms with van der Waals surface area (Å²) in [5, 5.41) is 17.9. The summed E-state index contributed by atoms with van der Waals surface area (Å²) in [6.07, 6.45) is -1.63. The molecule has 5 heteroatoms. The van der Waals surface area contributed by atoms with Crippen molar-refractivity contribution < 1.29 is 15.0 Å². The molecule has 0 aliphatic rings. The minimum Gasteiger partial charge on any atom is -0.479 e. The van der Waals surface area contributed by atoms with Crippen molar-refractivity contribution in [3.05, 3.63) is 28.8 Å². The van der Waals surface area contributed by atoms with Crippen LogP contribution >= 0.6 is 11.6 Å². The molecule has 0 radical (unpaired) electrons. The highest BCUT2D eigenvalue weighted by Gasteiger charge is 2.19. The Morgan fingerprint density at radius 3 is 2.69 bits per heavy atom. The van der Waals surface area contributed by atoms with Gasteiger partial charge in [-0.05, 0) is 6.07 Å². The number of hydrogen-bond acceptors (Lipinski definition) is 3. The second kappa shape index (κ2) is 3.64. The van der Waals surface area contributed by atoms with Gasteiger partial charge in [0.15, 0.2) is 6.10 Å². The van der Waals surface area contributed by atoms with Gasteiger partial charge in [-0.2, -0.15) is 0 Å². The van der Waals surface area contributed by atoms with Gasteiger partial charge in [0.05, 0.1) is 10.7 Å². The third-order valence-electron chi connectivity index (χ3n) is 1.62. The topological polar surface area (TPSA) is 83.5 Å². The monoisotopic (exact) mass is 201 g/mol. The number of nitrogen functional groups attached to an aromatic ring is 1. The van der Waals surface area contributed by atoms with Crippen molar-refractivity contribution in [2.75, 3.05) is 5.73 Å². The van der Waals surface area contributed by atoms with Crippen LogP contribution in [0.5, 0.6) is 0 Å².